The van der Waals surface area contributed by atoms with Crippen LogP contribution in [0.4, 0.5) is 10.1 Å². The van der Waals surface area contributed by atoms with Crippen molar-refractivity contribution < 1.29 is 32.9 Å². The van der Waals surface area contributed by atoms with Crippen LogP contribution in [0.15, 0.2) is 30.3 Å². The molecule has 0 spiro atoms. The summed E-state index contributed by atoms with van der Waals surface area (Å²) in [5.74, 6) is -1.18. The summed E-state index contributed by atoms with van der Waals surface area (Å²) >= 11 is 5.87. The molecule has 0 bridgehead atoms. The first-order chi connectivity index (χ1) is 12.9. The monoisotopic (exact) mass is 397 g/mol. The minimum atomic E-state index is -0.783. The van der Waals surface area contributed by atoms with Gasteiger partial charge in [-0.3, -0.25) is 4.79 Å². The van der Waals surface area contributed by atoms with E-state index in [-0.39, 0.29) is 27.8 Å². The molecule has 2 rings (SSSR count). The lowest BCUT2D eigenvalue weighted by atomic mass is 10.2. The van der Waals surface area contributed by atoms with E-state index in [9.17, 15) is 14.0 Å². The normalized spacial score (nSPS) is 10.1. The Morgan fingerprint density at radius 2 is 1.67 bits per heavy atom. The van der Waals surface area contributed by atoms with E-state index in [4.69, 9.17) is 30.5 Å². The molecule has 0 saturated heterocycles. The first-order valence-corrected chi connectivity index (χ1v) is 7.99. The Balaban J connectivity index is 2.07. The molecule has 0 aliphatic rings. The molecule has 7 nitrogen and oxygen atoms in total. The molecule has 1 N–H and O–H groups in total. The number of anilines is 1. The van der Waals surface area contributed by atoms with Crippen LogP contribution in [0, 0.1) is 5.82 Å². The quantitative estimate of drug-likeness (QED) is 0.722. The molecule has 0 aromatic heterocycles. The van der Waals surface area contributed by atoms with Crippen LogP contribution in [0.3, 0.4) is 0 Å². The maximum absolute atomic E-state index is 13.2. The Kier molecular flexibility index (Phi) is 6.84. The number of halogens is 2. The molecule has 1 amide bonds. The molecule has 0 saturated carbocycles. The van der Waals surface area contributed by atoms with Crippen molar-refractivity contribution in [3.05, 3.63) is 46.7 Å². The minimum Gasteiger partial charge on any atom is -0.493 e. The number of methoxy groups -OCH3 is 3. The summed E-state index contributed by atoms with van der Waals surface area (Å²) in [7, 11) is 4.24. The Hall–Kier alpha value is -3.00. The summed E-state index contributed by atoms with van der Waals surface area (Å²) in [6.45, 7) is -0.595. The number of nitrogens with one attached hydrogen (secondary N) is 1. The number of carbonyl (C=O) groups excluding carboxylic acids is 2. The highest BCUT2D eigenvalue weighted by Gasteiger charge is 2.19. The van der Waals surface area contributed by atoms with Crippen LogP contribution < -0.4 is 19.5 Å². The lowest BCUT2D eigenvalue weighted by molar-refractivity contribution is -0.119. The average molecular weight is 398 g/mol. The van der Waals surface area contributed by atoms with Crippen LogP contribution in [0.5, 0.6) is 17.2 Å². The summed E-state index contributed by atoms with van der Waals surface area (Å²) in [6, 6.07) is 6.30. The van der Waals surface area contributed by atoms with Crippen molar-refractivity contribution in [2.24, 2.45) is 0 Å². The molecule has 0 aliphatic carbocycles. The Labute approximate surface area is 159 Å². The third kappa shape index (κ3) is 5.01. The second-order valence-corrected chi connectivity index (χ2v) is 5.57. The zero-order valence-corrected chi connectivity index (χ0v) is 15.6. The largest absolute Gasteiger partial charge is 0.493 e. The second kappa shape index (κ2) is 9.09. The molecule has 0 heterocycles. The van der Waals surface area contributed by atoms with Crippen LogP contribution in [-0.2, 0) is 9.53 Å². The van der Waals surface area contributed by atoms with Crippen LogP contribution in [0.25, 0.3) is 0 Å². The number of ether oxygens (including phenoxy) is 4. The predicted molar refractivity (Wildman–Crippen MR) is 96.4 cm³/mol. The van der Waals surface area contributed by atoms with Crippen molar-refractivity contribution in [1.29, 1.82) is 0 Å². The molecule has 0 fully saturated rings. The van der Waals surface area contributed by atoms with E-state index in [0.717, 1.165) is 12.1 Å². The molecule has 2 aromatic rings. The number of esters is 1. The number of rotatable bonds is 7. The molecule has 144 valence electrons. The Morgan fingerprint density at radius 1 is 1.04 bits per heavy atom. The molecular formula is C18H17ClFNO6. The van der Waals surface area contributed by atoms with Gasteiger partial charge in [0.25, 0.3) is 5.91 Å². The highest BCUT2D eigenvalue weighted by Crippen LogP contribution is 2.38. The van der Waals surface area contributed by atoms with E-state index in [1.807, 2.05) is 0 Å². The number of hydrogen-bond donors (Lipinski definition) is 1. The van der Waals surface area contributed by atoms with Crippen molar-refractivity contribution in [3.63, 3.8) is 0 Å². The van der Waals surface area contributed by atoms with E-state index in [2.05, 4.69) is 5.32 Å². The predicted octanol–water partition coefficient (Wildman–Crippen LogP) is 3.30. The van der Waals surface area contributed by atoms with Gasteiger partial charge in [-0.15, -0.1) is 0 Å². The van der Waals surface area contributed by atoms with Crippen molar-refractivity contribution in [2.75, 3.05) is 33.3 Å². The van der Waals surface area contributed by atoms with E-state index >= 15 is 0 Å². The number of amides is 1. The van der Waals surface area contributed by atoms with E-state index < -0.39 is 24.3 Å². The van der Waals surface area contributed by atoms with Gasteiger partial charge in [0.2, 0.25) is 5.75 Å². The van der Waals surface area contributed by atoms with Crippen molar-refractivity contribution >= 4 is 29.2 Å². The molecule has 0 unspecified atom stereocenters. The van der Waals surface area contributed by atoms with Gasteiger partial charge in [-0.1, -0.05) is 11.6 Å². The van der Waals surface area contributed by atoms with Crippen LogP contribution in [0.2, 0.25) is 5.02 Å². The highest BCUT2D eigenvalue weighted by molar-refractivity contribution is 6.33. The maximum atomic E-state index is 13.2. The van der Waals surface area contributed by atoms with Crippen LogP contribution >= 0.6 is 11.6 Å². The van der Waals surface area contributed by atoms with Gasteiger partial charge in [-0.25, -0.2) is 9.18 Å². The van der Waals surface area contributed by atoms with Gasteiger partial charge in [0.05, 0.1) is 37.6 Å². The first-order valence-electron chi connectivity index (χ1n) is 7.61. The zero-order valence-electron chi connectivity index (χ0n) is 14.8. The Bertz CT molecular complexity index is 833. The third-order valence-corrected chi connectivity index (χ3v) is 3.77. The SMILES string of the molecule is COc1cc(C(=O)OCC(=O)Nc2cc(F)ccc2Cl)cc(OC)c1OC. The van der Waals surface area contributed by atoms with E-state index in [1.165, 1.54) is 39.5 Å². The van der Waals surface area contributed by atoms with Crippen molar-refractivity contribution in [2.45, 2.75) is 0 Å². The highest BCUT2D eigenvalue weighted by atomic mass is 35.5. The molecule has 2 aromatic carbocycles. The summed E-state index contributed by atoms with van der Waals surface area (Å²) < 4.78 is 33.7. The fraction of sp³-hybridized carbons (Fsp3) is 0.222. The number of benzene rings is 2. The molecule has 0 radical (unpaired) electrons. The lowest BCUT2D eigenvalue weighted by Gasteiger charge is -2.14. The zero-order chi connectivity index (χ0) is 20.0. The fourth-order valence-corrected chi connectivity index (χ4v) is 2.36. The minimum absolute atomic E-state index is 0.0745. The van der Waals surface area contributed by atoms with Gasteiger partial charge < -0.3 is 24.3 Å². The molecule has 0 aliphatic heterocycles. The third-order valence-electron chi connectivity index (χ3n) is 3.44. The summed E-state index contributed by atoms with van der Waals surface area (Å²) in [5.41, 5.74) is 0.173. The van der Waals surface area contributed by atoms with E-state index in [1.54, 1.807) is 0 Å². The van der Waals surface area contributed by atoms with Gasteiger partial charge in [-0.05, 0) is 30.3 Å². The summed E-state index contributed by atoms with van der Waals surface area (Å²) in [6.07, 6.45) is 0. The van der Waals surface area contributed by atoms with E-state index in [0.29, 0.717) is 5.75 Å². The van der Waals surface area contributed by atoms with Crippen molar-refractivity contribution in [1.82, 2.24) is 0 Å². The molecule has 9 heteroatoms. The topological polar surface area (TPSA) is 83.1 Å². The number of carbonyl (C=O) groups is 2. The standard InChI is InChI=1S/C18H17ClFNO6/c1-24-14-6-10(7-15(25-2)17(14)26-3)18(23)27-9-16(22)21-13-8-11(20)4-5-12(13)19/h4-8H,9H2,1-3H3,(H,21,22). The van der Waals surface area contributed by atoms with Gasteiger partial charge in [0.1, 0.15) is 5.82 Å². The van der Waals surface area contributed by atoms with Gasteiger partial charge in [-0.2, -0.15) is 0 Å². The molecular weight excluding hydrogens is 381 g/mol. The average Bonchev–Trinajstić information content (AvgIpc) is 2.67. The van der Waals surface area contributed by atoms with Crippen molar-refractivity contribution in [3.8, 4) is 17.2 Å². The first kappa shape index (κ1) is 20.3. The summed E-state index contributed by atoms with van der Waals surface area (Å²) in [4.78, 5) is 24.1. The van der Waals surface area contributed by atoms with Crippen LogP contribution in [-0.4, -0.2) is 39.8 Å². The second-order valence-electron chi connectivity index (χ2n) is 5.16. The number of hydrogen-bond acceptors (Lipinski definition) is 6. The Morgan fingerprint density at radius 3 is 2.22 bits per heavy atom. The smallest absolute Gasteiger partial charge is 0.338 e. The van der Waals surface area contributed by atoms with Crippen LogP contribution in [0.1, 0.15) is 10.4 Å². The lowest BCUT2D eigenvalue weighted by Crippen LogP contribution is -2.21. The maximum Gasteiger partial charge on any atom is 0.338 e. The molecule has 0 atom stereocenters. The van der Waals surface area contributed by atoms with Gasteiger partial charge in [0.15, 0.2) is 18.1 Å². The summed E-state index contributed by atoms with van der Waals surface area (Å²) in [5, 5.41) is 2.52. The van der Waals surface area contributed by atoms with Gasteiger partial charge in [0, 0.05) is 0 Å². The molecule has 27 heavy (non-hydrogen) atoms. The van der Waals surface area contributed by atoms with Gasteiger partial charge >= 0.3 is 5.97 Å². The fourth-order valence-electron chi connectivity index (χ4n) is 2.19.